The van der Waals surface area contributed by atoms with E-state index in [1.54, 1.807) is 24.3 Å². The lowest BCUT2D eigenvalue weighted by molar-refractivity contribution is -0.0720. The topological polar surface area (TPSA) is 135 Å². The van der Waals surface area contributed by atoms with Gasteiger partial charge in [-0.15, -0.1) is 0 Å². The summed E-state index contributed by atoms with van der Waals surface area (Å²) < 4.78 is 17.7. The molecule has 0 aliphatic heterocycles. The van der Waals surface area contributed by atoms with E-state index in [9.17, 15) is 4.79 Å². The molecule has 5 aromatic carbocycles. The van der Waals surface area contributed by atoms with Crippen LogP contribution in [0.5, 0.6) is 23.0 Å². The Kier molecular flexibility index (Phi) is 15.7. The SMILES string of the molecule is CCC(C)OC(=O)c1ccc(N)cc1.CNC(C)CCCC(C)C1CCC2C3C=CC4CC(c5ccc(Oc6ccc(N)cc6)cc5)(c5ccc(Oc6ccc(N)cc6)cc5)CCC4(C)C3CCC12C. The first-order valence-corrected chi connectivity index (χ1v) is 26.3. The molecule has 8 nitrogen and oxygen atoms in total. The third-order valence-electron chi connectivity index (χ3n) is 17.9. The Bertz CT molecular complexity index is 2420. The van der Waals surface area contributed by atoms with E-state index < -0.39 is 0 Å². The molecule has 5 aromatic rings. The Morgan fingerprint density at radius 1 is 0.629 bits per heavy atom. The minimum Gasteiger partial charge on any atom is -0.459 e. The van der Waals surface area contributed by atoms with Gasteiger partial charge in [0.1, 0.15) is 23.0 Å². The van der Waals surface area contributed by atoms with Gasteiger partial charge in [0.2, 0.25) is 0 Å². The van der Waals surface area contributed by atoms with Gasteiger partial charge in [-0.1, -0.05) is 77.0 Å². The van der Waals surface area contributed by atoms with Crippen molar-refractivity contribution in [3.8, 4) is 23.0 Å². The normalized spacial score (nSPS) is 26.5. The summed E-state index contributed by atoms with van der Waals surface area (Å²) in [7, 11) is 2.10. The van der Waals surface area contributed by atoms with Gasteiger partial charge >= 0.3 is 5.97 Å². The molecule has 10 unspecified atom stereocenters. The Morgan fingerprint density at radius 2 is 1.13 bits per heavy atom. The van der Waals surface area contributed by atoms with Gasteiger partial charge < -0.3 is 36.7 Å². The van der Waals surface area contributed by atoms with Crippen molar-refractivity contribution in [2.75, 3.05) is 24.2 Å². The minimum absolute atomic E-state index is 0.0416. The number of fused-ring (bicyclic) bond motifs is 5. The first-order chi connectivity index (χ1) is 33.6. The molecule has 0 amide bonds. The first-order valence-electron chi connectivity index (χ1n) is 26.3. The molecule has 9 rings (SSSR count). The number of carbonyl (C=O) groups is 1. The van der Waals surface area contributed by atoms with E-state index in [1.807, 2.05) is 62.4 Å². The highest BCUT2D eigenvalue weighted by molar-refractivity contribution is 5.89. The van der Waals surface area contributed by atoms with E-state index in [2.05, 4.69) is 101 Å². The molecule has 0 aromatic heterocycles. The Labute approximate surface area is 419 Å². The number of allylic oxidation sites excluding steroid dienone is 2. The predicted octanol–water partition coefficient (Wildman–Crippen LogP) is 14.8. The number of esters is 1. The van der Waals surface area contributed by atoms with Crippen LogP contribution in [0.25, 0.3) is 0 Å². The van der Waals surface area contributed by atoms with E-state index in [0.717, 1.165) is 77.3 Å². The first kappa shape index (κ1) is 50.7. The number of benzene rings is 5. The van der Waals surface area contributed by atoms with E-state index in [0.29, 0.717) is 40.0 Å². The summed E-state index contributed by atoms with van der Waals surface area (Å²) in [5, 5.41) is 3.44. The molecule has 0 spiro atoms. The van der Waals surface area contributed by atoms with Crippen molar-refractivity contribution in [3.63, 3.8) is 0 Å². The summed E-state index contributed by atoms with van der Waals surface area (Å²) in [4.78, 5) is 11.5. The minimum atomic E-state index is -0.292. The second kappa shape index (κ2) is 21.7. The van der Waals surface area contributed by atoms with Crippen molar-refractivity contribution in [1.82, 2.24) is 5.32 Å². The van der Waals surface area contributed by atoms with E-state index in [4.69, 9.17) is 31.4 Å². The van der Waals surface area contributed by atoms with Crippen LogP contribution in [0.3, 0.4) is 0 Å². The lowest BCUT2D eigenvalue weighted by Gasteiger charge is -2.61. The quantitative estimate of drug-likeness (QED) is 0.0463. The van der Waals surface area contributed by atoms with E-state index >= 15 is 0 Å². The van der Waals surface area contributed by atoms with Crippen molar-refractivity contribution < 1.29 is 19.0 Å². The molecule has 3 saturated carbocycles. The monoisotopic (exact) mass is 945 g/mol. The number of ether oxygens (including phenoxy) is 3. The number of nitrogens with one attached hydrogen (secondary N) is 1. The molecular weight excluding hydrogens is 865 g/mol. The Balaban J connectivity index is 0.000000406. The van der Waals surface area contributed by atoms with Crippen LogP contribution in [0.4, 0.5) is 17.1 Å². The summed E-state index contributed by atoms with van der Waals surface area (Å²) in [6.07, 6.45) is 19.3. The van der Waals surface area contributed by atoms with Crippen LogP contribution in [0.1, 0.15) is 134 Å². The summed E-state index contributed by atoms with van der Waals surface area (Å²) in [6.45, 7) is 14.1. The number of nitrogen functional groups attached to an aromatic ring is 3. The molecule has 0 radical (unpaired) electrons. The van der Waals surface area contributed by atoms with Crippen molar-refractivity contribution in [2.45, 2.75) is 130 Å². The van der Waals surface area contributed by atoms with Crippen LogP contribution in [0.15, 0.2) is 133 Å². The molecule has 70 heavy (non-hydrogen) atoms. The second-order valence-electron chi connectivity index (χ2n) is 22.0. The maximum absolute atomic E-state index is 11.5. The fourth-order valence-electron chi connectivity index (χ4n) is 13.4. The third kappa shape index (κ3) is 10.9. The molecular formula is C62H80N4O4. The number of hydrogen-bond acceptors (Lipinski definition) is 8. The average Bonchev–Trinajstić information content (AvgIpc) is 3.73. The number of carbonyl (C=O) groups excluding carboxylic acids is 1. The second-order valence-corrected chi connectivity index (χ2v) is 22.0. The zero-order valence-corrected chi connectivity index (χ0v) is 43.0. The lowest BCUT2D eigenvalue weighted by Crippen LogP contribution is -2.54. The van der Waals surface area contributed by atoms with Gasteiger partial charge in [0.25, 0.3) is 0 Å². The maximum Gasteiger partial charge on any atom is 0.338 e. The average molecular weight is 945 g/mol. The number of rotatable bonds is 15. The molecule has 0 bridgehead atoms. The maximum atomic E-state index is 11.5. The summed E-state index contributed by atoms with van der Waals surface area (Å²) >= 11 is 0. The van der Waals surface area contributed by atoms with Crippen LogP contribution in [0, 0.1) is 46.3 Å². The van der Waals surface area contributed by atoms with Crippen LogP contribution in [0.2, 0.25) is 0 Å². The molecule has 3 fully saturated rings. The molecule has 8 heteroatoms. The van der Waals surface area contributed by atoms with Crippen molar-refractivity contribution >= 4 is 23.0 Å². The highest BCUT2D eigenvalue weighted by Crippen LogP contribution is 2.68. The predicted molar refractivity (Wildman–Crippen MR) is 288 cm³/mol. The largest absolute Gasteiger partial charge is 0.459 e. The van der Waals surface area contributed by atoms with Gasteiger partial charge in [0.15, 0.2) is 0 Å². The van der Waals surface area contributed by atoms with E-state index in [-0.39, 0.29) is 17.5 Å². The molecule has 4 aliphatic rings. The van der Waals surface area contributed by atoms with Gasteiger partial charge in [-0.05, 0) is 233 Å². The molecule has 7 N–H and O–H groups in total. The highest BCUT2D eigenvalue weighted by atomic mass is 16.5. The van der Waals surface area contributed by atoms with Gasteiger partial charge in [-0.2, -0.15) is 0 Å². The van der Waals surface area contributed by atoms with Gasteiger partial charge in [-0.25, -0.2) is 4.79 Å². The van der Waals surface area contributed by atoms with Crippen LogP contribution < -0.4 is 32.0 Å². The Morgan fingerprint density at radius 3 is 1.64 bits per heavy atom. The smallest absolute Gasteiger partial charge is 0.338 e. The van der Waals surface area contributed by atoms with Gasteiger partial charge in [0, 0.05) is 28.5 Å². The van der Waals surface area contributed by atoms with Crippen LogP contribution >= 0.6 is 0 Å². The molecule has 4 aliphatic carbocycles. The third-order valence-corrected chi connectivity index (χ3v) is 17.9. The number of hydrogen-bond donors (Lipinski definition) is 4. The lowest BCUT2D eigenvalue weighted by atomic mass is 9.43. The summed E-state index contributed by atoms with van der Waals surface area (Å²) in [6, 6.07) is 40.4. The fourth-order valence-corrected chi connectivity index (χ4v) is 13.4. The summed E-state index contributed by atoms with van der Waals surface area (Å²) in [5.74, 6) is 7.42. The Hall–Kier alpha value is -5.73. The van der Waals surface area contributed by atoms with Crippen molar-refractivity contribution in [2.24, 2.45) is 46.3 Å². The molecule has 10 atom stereocenters. The number of anilines is 3. The molecule has 372 valence electrons. The van der Waals surface area contributed by atoms with Crippen molar-refractivity contribution in [1.29, 1.82) is 0 Å². The molecule has 0 heterocycles. The highest BCUT2D eigenvalue weighted by Gasteiger charge is 2.61. The van der Waals surface area contributed by atoms with Crippen LogP contribution in [-0.2, 0) is 10.2 Å². The summed E-state index contributed by atoms with van der Waals surface area (Å²) in [5.41, 5.74) is 23.4. The number of nitrogens with two attached hydrogens (primary N) is 3. The molecule has 0 saturated heterocycles. The standard InChI is InChI=1S/C51H65N3O2.C11H15NO2/c1-34(7-6-8-35(2)54-5)46-27-28-47-45-26-13-38-33-51(32-31-49(38,3)48(45)29-30-50(46,47)4,36-9-18-41(19-10-36)55-43-22-14-39(52)15-23-43)37-11-20-42(21-12-37)56-44-24-16-40(53)17-25-44;1-3-8(2)14-11(13)9-4-6-10(12)7-5-9/h9-26,34-35,38,45-48,54H,6-8,27-33,52-53H2,1-5H3;4-8H,3,12H2,1-2H3. The zero-order chi connectivity index (χ0) is 49.6. The van der Waals surface area contributed by atoms with Crippen LogP contribution in [-0.4, -0.2) is 25.2 Å². The van der Waals surface area contributed by atoms with Gasteiger partial charge in [-0.3, -0.25) is 0 Å². The van der Waals surface area contributed by atoms with Crippen molar-refractivity contribution in [3.05, 3.63) is 150 Å². The zero-order valence-electron chi connectivity index (χ0n) is 43.0. The van der Waals surface area contributed by atoms with Gasteiger partial charge in [0.05, 0.1) is 11.7 Å². The fraction of sp³-hybridized carbons (Fsp3) is 0.468. The van der Waals surface area contributed by atoms with E-state index in [1.165, 1.54) is 62.5 Å².